The van der Waals surface area contributed by atoms with Crippen LogP contribution in [-0.4, -0.2) is 17.8 Å². The molecule has 2 heteroatoms. The minimum atomic E-state index is -0.371. The Kier molecular flexibility index (Phi) is 5.21. The first-order valence-electron chi connectivity index (χ1n) is 6.76. The number of aliphatic hydroxyl groups excluding tert-OH is 1. The van der Waals surface area contributed by atoms with Crippen molar-refractivity contribution in [1.82, 2.24) is 0 Å². The minimum absolute atomic E-state index is 0.0526. The van der Waals surface area contributed by atoms with Gasteiger partial charge in [-0.25, -0.2) is 0 Å². The topological polar surface area (TPSA) is 29.5 Å². The highest BCUT2D eigenvalue weighted by molar-refractivity contribution is 5.41. The molecular weight excluding hydrogens is 224 g/mol. The van der Waals surface area contributed by atoms with Gasteiger partial charge in [0.25, 0.3) is 0 Å². The molecule has 0 aromatic heterocycles. The number of rotatable bonds is 5. The molecule has 0 fully saturated rings. The van der Waals surface area contributed by atoms with Crippen LogP contribution in [0.1, 0.15) is 51.7 Å². The molecule has 0 amide bonds. The minimum Gasteiger partial charge on any atom is -0.491 e. The molecule has 1 N–H and O–H groups in total. The summed E-state index contributed by atoms with van der Waals surface area (Å²) >= 11 is 0. The Bertz CT molecular complexity index is 377. The number of aryl methyl sites for hydroxylation is 1. The Morgan fingerprint density at radius 1 is 1.28 bits per heavy atom. The van der Waals surface area contributed by atoms with Crippen LogP contribution >= 0.6 is 0 Å². The van der Waals surface area contributed by atoms with E-state index in [1.54, 1.807) is 0 Å². The largest absolute Gasteiger partial charge is 0.491 e. The van der Waals surface area contributed by atoms with E-state index >= 15 is 0 Å². The molecule has 0 bridgehead atoms. The lowest BCUT2D eigenvalue weighted by molar-refractivity contribution is 0.0983. The van der Waals surface area contributed by atoms with Crippen molar-refractivity contribution in [1.29, 1.82) is 0 Å². The highest BCUT2D eigenvalue weighted by atomic mass is 16.5. The van der Waals surface area contributed by atoms with E-state index in [1.165, 1.54) is 11.1 Å². The second kappa shape index (κ2) is 6.24. The summed E-state index contributed by atoms with van der Waals surface area (Å²) in [5, 5.41) is 9.73. The molecule has 0 radical (unpaired) electrons. The van der Waals surface area contributed by atoms with Crippen LogP contribution in [0.4, 0.5) is 0 Å². The average Bonchev–Trinajstić information content (AvgIpc) is 2.26. The second-order valence-corrected chi connectivity index (χ2v) is 6.00. The number of aliphatic hydroxyl groups is 1. The predicted molar refractivity (Wildman–Crippen MR) is 76.3 cm³/mol. The number of hydrogen-bond donors (Lipinski definition) is 1. The molecule has 102 valence electrons. The molecular formula is C16H26O2. The molecule has 0 aliphatic heterocycles. The van der Waals surface area contributed by atoms with Crippen molar-refractivity contribution in [2.45, 2.75) is 59.0 Å². The van der Waals surface area contributed by atoms with Gasteiger partial charge in [-0.1, -0.05) is 51.8 Å². The molecule has 0 aliphatic rings. The molecule has 0 saturated carbocycles. The van der Waals surface area contributed by atoms with E-state index in [4.69, 9.17) is 4.74 Å². The molecule has 0 aliphatic carbocycles. The van der Waals surface area contributed by atoms with Gasteiger partial charge in [-0.15, -0.1) is 0 Å². The molecule has 2 nitrogen and oxygen atoms in total. The standard InChI is InChI=1S/C16H26O2/c1-6-7-13(17)11-18-15-9-8-12(2)10-14(15)16(3,4)5/h8-10,13,17H,6-7,11H2,1-5H3. The van der Waals surface area contributed by atoms with E-state index in [-0.39, 0.29) is 11.5 Å². The van der Waals surface area contributed by atoms with Crippen molar-refractivity contribution in [3.05, 3.63) is 29.3 Å². The van der Waals surface area contributed by atoms with E-state index in [9.17, 15) is 5.11 Å². The van der Waals surface area contributed by atoms with Crippen LogP contribution in [-0.2, 0) is 5.41 Å². The van der Waals surface area contributed by atoms with E-state index in [2.05, 4.69) is 46.8 Å². The van der Waals surface area contributed by atoms with Crippen molar-refractivity contribution >= 4 is 0 Å². The Labute approximate surface area is 111 Å². The normalized spacial score (nSPS) is 13.4. The first-order valence-corrected chi connectivity index (χ1v) is 6.76. The van der Waals surface area contributed by atoms with Crippen molar-refractivity contribution in [3.8, 4) is 5.75 Å². The van der Waals surface area contributed by atoms with Crippen LogP contribution in [0.2, 0.25) is 0 Å². The van der Waals surface area contributed by atoms with Crippen LogP contribution in [0.25, 0.3) is 0 Å². The third kappa shape index (κ3) is 4.34. The van der Waals surface area contributed by atoms with Crippen molar-refractivity contribution in [2.75, 3.05) is 6.61 Å². The summed E-state index contributed by atoms with van der Waals surface area (Å²) in [7, 11) is 0. The van der Waals surface area contributed by atoms with E-state index in [0.29, 0.717) is 6.61 Å². The maximum absolute atomic E-state index is 9.73. The molecule has 0 saturated heterocycles. The van der Waals surface area contributed by atoms with E-state index < -0.39 is 0 Å². The van der Waals surface area contributed by atoms with Gasteiger partial charge in [0.2, 0.25) is 0 Å². The molecule has 1 atom stereocenters. The Hall–Kier alpha value is -1.02. The summed E-state index contributed by atoms with van der Waals surface area (Å²) in [5.41, 5.74) is 2.49. The summed E-state index contributed by atoms with van der Waals surface area (Å²) in [6.07, 6.45) is 1.39. The molecule has 0 heterocycles. The van der Waals surface area contributed by atoms with Crippen LogP contribution in [0, 0.1) is 6.92 Å². The van der Waals surface area contributed by atoms with Gasteiger partial charge in [0.1, 0.15) is 12.4 Å². The number of hydrogen-bond acceptors (Lipinski definition) is 2. The summed E-state index contributed by atoms with van der Waals surface area (Å²) in [4.78, 5) is 0. The van der Waals surface area contributed by atoms with E-state index in [0.717, 1.165) is 18.6 Å². The van der Waals surface area contributed by atoms with Gasteiger partial charge in [-0.05, 0) is 30.4 Å². The molecule has 0 spiro atoms. The molecule has 1 aromatic rings. The molecule has 1 rings (SSSR count). The summed E-state index contributed by atoms with van der Waals surface area (Å²) in [5.74, 6) is 0.892. The molecule has 1 aromatic carbocycles. The fraction of sp³-hybridized carbons (Fsp3) is 0.625. The lowest BCUT2D eigenvalue weighted by atomic mass is 9.85. The third-order valence-electron chi connectivity index (χ3n) is 3.00. The van der Waals surface area contributed by atoms with E-state index in [1.807, 2.05) is 6.07 Å². The Balaban J connectivity index is 2.82. The van der Waals surface area contributed by atoms with Gasteiger partial charge in [-0.2, -0.15) is 0 Å². The Morgan fingerprint density at radius 3 is 2.50 bits per heavy atom. The van der Waals surface area contributed by atoms with Gasteiger partial charge >= 0.3 is 0 Å². The van der Waals surface area contributed by atoms with Gasteiger partial charge in [0.15, 0.2) is 0 Å². The van der Waals surface area contributed by atoms with Crippen LogP contribution in [0.3, 0.4) is 0 Å². The average molecular weight is 250 g/mol. The fourth-order valence-electron chi connectivity index (χ4n) is 1.96. The smallest absolute Gasteiger partial charge is 0.123 e. The second-order valence-electron chi connectivity index (χ2n) is 6.00. The van der Waals surface area contributed by atoms with Crippen molar-refractivity contribution in [3.63, 3.8) is 0 Å². The lowest BCUT2D eigenvalue weighted by Gasteiger charge is -2.24. The number of ether oxygens (including phenoxy) is 1. The maximum Gasteiger partial charge on any atom is 0.123 e. The highest BCUT2D eigenvalue weighted by Gasteiger charge is 2.19. The van der Waals surface area contributed by atoms with Gasteiger partial charge in [0, 0.05) is 0 Å². The quantitative estimate of drug-likeness (QED) is 0.860. The zero-order valence-corrected chi connectivity index (χ0v) is 12.3. The SMILES string of the molecule is CCCC(O)COc1ccc(C)cc1C(C)(C)C. The van der Waals surface area contributed by atoms with Crippen LogP contribution in [0.15, 0.2) is 18.2 Å². The summed E-state index contributed by atoms with van der Waals surface area (Å²) in [6.45, 7) is 11.1. The fourth-order valence-corrected chi connectivity index (χ4v) is 1.96. The monoisotopic (exact) mass is 250 g/mol. The summed E-state index contributed by atoms with van der Waals surface area (Å²) in [6, 6.07) is 6.23. The van der Waals surface area contributed by atoms with Crippen LogP contribution in [0.5, 0.6) is 5.75 Å². The number of benzene rings is 1. The predicted octanol–water partition coefficient (Wildman–Crippen LogP) is 3.83. The maximum atomic E-state index is 9.73. The first kappa shape index (κ1) is 15.0. The van der Waals surface area contributed by atoms with Gasteiger partial charge < -0.3 is 9.84 Å². The zero-order chi connectivity index (χ0) is 13.8. The van der Waals surface area contributed by atoms with Gasteiger partial charge in [-0.3, -0.25) is 0 Å². The molecule has 1 unspecified atom stereocenters. The van der Waals surface area contributed by atoms with Crippen molar-refractivity contribution in [2.24, 2.45) is 0 Å². The first-order chi connectivity index (χ1) is 8.34. The Morgan fingerprint density at radius 2 is 1.94 bits per heavy atom. The third-order valence-corrected chi connectivity index (χ3v) is 3.00. The van der Waals surface area contributed by atoms with Crippen LogP contribution < -0.4 is 4.74 Å². The van der Waals surface area contributed by atoms with Gasteiger partial charge in [0.05, 0.1) is 6.10 Å². The lowest BCUT2D eigenvalue weighted by Crippen LogP contribution is -2.20. The summed E-state index contributed by atoms with van der Waals surface area (Å²) < 4.78 is 5.78. The molecule has 18 heavy (non-hydrogen) atoms. The highest BCUT2D eigenvalue weighted by Crippen LogP contribution is 2.32. The van der Waals surface area contributed by atoms with Crippen molar-refractivity contribution < 1.29 is 9.84 Å². The zero-order valence-electron chi connectivity index (χ0n) is 12.3.